The third-order valence-corrected chi connectivity index (χ3v) is 6.21. The van der Waals surface area contributed by atoms with Crippen molar-refractivity contribution < 1.29 is 49.8 Å². The second-order valence-corrected chi connectivity index (χ2v) is 8.81. The Labute approximate surface area is 203 Å². The summed E-state index contributed by atoms with van der Waals surface area (Å²) >= 11 is 0.712. The van der Waals surface area contributed by atoms with Crippen molar-refractivity contribution in [3.05, 3.63) is 22.6 Å². The first-order valence-electron chi connectivity index (χ1n) is 10.5. The molecule has 3 atom stereocenters. The summed E-state index contributed by atoms with van der Waals surface area (Å²) in [5.41, 5.74) is -1.25. The van der Waals surface area contributed by atoms with Gasteiger partial charge in [-0.05, 0) is 13.0 Å². The van der Waals surface area contributed by atoms with Crippen molar-refractivity contribution in [2.45, 2.75) is 44.2 Å². The van der Waals surface area contributed by atoms with E-state index in [-0.39, 0.29) is 34.6 Å². The summed E-state index contributed by atoms with van der Waals surface area (Å²) in [6.45, 7) is -0.174. The first-order chi connectivity index (χ1) is 16.7. The molecule has 0 bridgehead atoms. The van der Waals surface area contributed by atoms with Gasteiger partial charge in [0.1, 0.15) is 11.9 Å². The van der Waals surface area contributed by atoms with E-state index in [9.17, 15) is 40.3 Å². The van der Waals surface area contributed by atoms with E-state index < -0.39 is 61.6 Å². The molecule has 3 rings (SSSR count). The van der Waals surface area contributed by atoms with E-state index in [1.807, 2.05) is 0 Å². The fourth-order valence-corrected chi connectivity index (χ4v) is 4.54. The Kier molecular flexibility index (Phi) is 8.17. The predicted molar refractivity (Wildman–Crippen MR) is 115 cm³/mol. The topological polar surface area (TPSA) is 92.8 Å². The van der Waals surface area contributed by atoms with Gasteiger partial charge in [0.25, 0.3) is 5.91 Å². The molecule has 2 aromatic heterocycles. The quantitative estimate of drug-likeness (QED) is 0.527. The molecule has 36 heavy (non-hydrogen) atoms. The Morgan fingerprint density at radius 1 is 1.28 bits per heavy atom. The van der Waals surface area contributed by atoms with E-state index in [1.165, 1.54) is 24.3 Å². The van der Waals surface area contributed by atoms with Crippen LogP contribution in [0.5, 0.6) is 0 Å². The van der Waals surface area contributed by atoms with Crippen LogP contribution in [0.15, 0.2) is 11.4 Å². The fourth-order valence-electron chi connectivity index (χ4n) is 3.52. The van der Waals surface area contributed by atoms with Gasteiger partial charge < -0.3 is 20.3 Å². The van der Waals surface area contributed by atoms with Crippen molar-refractivity contribution in [1.82, 2.24) is 15.6 Å². The molecule has 0 unspecified atom stereocenters. The number of hydrogen-bond donors (Lipinski definition) is 2. The van der Waals surface area contributed by atoms with Gasteiger partial charge in [-0.15, -0.1) is 24.5 Å². The van der Waals surface area contributed by atoms with Crippen LogP contribution < -0.4 is 15.5 Å². The molecular formula is C20H21F7N4O4S. The molecule has 2 amide bonds. The maximum absolute atomic E-state index is 14.8. The van der Waals surface area contributed by atoms with Crippen molar-refractivity contribution in [2.24, 2.45) is 0 Å². The molecule has 3 heterocycles. The normalized spacial score (nSPS) is 19.8. The molecule has 2 N–H and O–H groups in total. The smallest absolute Gasteiger partial charge is 0.443 e. The fraction of sp³-hybridized carbons (Fsp3) is 0.550. The number of alkyl carbamates (subject to hydrolysis) is 1. The van der Waals surface area contributed by atoms with E-state index in [0.717, 1.165) is 6.07 Å². The number of fused-ring (bicyclic) bond motifs is 1. The number of carbonyl (C=O) groups excluding carboxylic acids is 2. The summed E-state index contributed by atoms with van der Waals surface area (Å²) in [6, 6.07) is -0.316. The number of rotatable bonds is 6. The predicted octanol–water partition coefficient (Wildman–Crippen LogP) is 4.24. The highest BCUT2D eigenvalue weighted by Crippen LogP contribution is 2.40. The number of anilines is 1. The number of piperidine rings is 1. The number of aromatic nitrogens is 1. The standard InChI is InChI=1S/C20H21F7N4O4S/c1-9(7-34-20(25,26)27)29-18(33)35-13-3-4-31(6-12(13)21)14-5-11(19(22,23)24)16-15(30-14)10(8-36-16)17(32)28-2/h5,8-9,12-13H,3-4,6-7H2,1-2H3,(H,28,32)(H,29,33)/t9-,12-,13-/m0/s1. The molecule has 2 aromatic rings. The number of halogens is 7. The number of carbonyl (C=O) groups is 2. The van der Waals surface area contributed by atoms with Crippen molar-refractivity contribution in [2.75, 3.05) is 31.6 Å². The van der Waals surface area contributed by atoms with Gasteiger partial charge in [0.15, 0.2) is 6.17 Å². The van der Waals surface area contributed by atoms with E-state index in [0.29, 0.717) is 11.3 Å². The molecule has 16 heteroatoms. The molecule has 0 radical (unpaired) electrons. The molecule has 1 fully saturated rings. The number of ether oxygens (including phenoxy) is 2. The molecule has 200 valence electrons. The molecule has 0 saturated carbocycles. The van der Waals surface area contributed by atoms with Gasteiger partial charge in [0, 0.05) is 25.4 Å². The van der Waals surface area contributed by atoms with Gasteiger partial charge in [0.05, 0.1) is 40.5 Å². The van der Waals surface area contributed by atoms with Crippen LogP contribution in [0.4, 0.5) is 41.3 Å². The van der Waals surface area contributed by atoms with Crippen molar-refractivity contribution in [3.63, 3.8) is 0 Å². The zero-order valence-corrected chi connectivity index (χ0v) is 19.6. The molecule has 0 aromatic carbocycles. The van der Waals surface area contributed by atoms with E-state index in [1.54, 1.807) is 0 Å². The van der Waals surface area contributed by atoms with Crippen LogP contribution >= 0.6 is 11.3 Å². The maximum Gasteiger partial charge on any atom is 0.522 e. The van der Waals surface area contributed by atoms with Crippen LogP contribution in [0.2, 0.25) is 0 Å². The van der Waals surface area contributed by atoms with E-state index in [2.05, 4.69) is 20.4 Å². The largest absolute Gasteiger partial charge is 0.522 e. The Balaban J connectivity index is 1.72. The van der Waals surface area contributed by atoms with Gasteiger partial charge >= 0.3 is 18.6 Å². The summed E-state index contributed by atoms with van der Waals surface area (Å²) in [6.07, 6.45) is -14.1. The number of nitrogens with one attached hydrogen (secondary N) is 2. The molecule has 8 nitrogen and oxygen atoms in total. The number of thiophene rings is 1. The second kappa shape index (κ2) is 10.6. The lowest BCUT2D eigenvalue weighted by atomic mass is 10.1. The molecule has 1 saturated heterocycles. The van der Waals surface area contributed by atoms with Crippen molar-refractivity contribution in [1.29, 1.82) is 0 Å². The Bertz CT molecular complexity index is 1110. The summed E-state index contributed by atoms with van der Waals surface area (Å²) < 4.78 is 101. The van der Waals surface area contributed by atoms with Crippen molar-refractivity contribution in [3.8, 4) is 0 Å². The number of pyridine rings is 1. The second-order valence-electron chi connectivity index (χ2n) is 7.93. The first kappa shape index (κ1) is 27.7. The average molecular weight is 546 g/mol. The number of amides is 2. The van der Waals surface area contributed by atoms with Gasteiger partial charge in [-0.1, -0.05) is 0 Å². The van der Waals surface area contributed by atoms with Crippen LogP contribution in [-0.2, 0) is 15.7 Å². The third-order valence-electron chi connectivity index (χ3n) is 5.21. The van der Waals surface area contributed by atoms with Crippen LogP contribution in [0.3, 0.4) is 0 Å². The Hall–Kier alpha value is -2.88. The van der Waals surface area contributed by atoms with Crippen LogP contribution in [0.1, 0.15) is 29.3 Å². The summed E-state index contributed by atoms with van der Waals surface area (Å²) in [7, 11) is 1.32. The third kappa shape index (κ3) is 6.66. The summed E-state index contributed by atoms with van der Waals surface area (Å²) in [5, 5.41) is 5.67. The number of hydrogen-bond acceptors (Lipinski definition) is 7. The average Bonchev–Trinajstić information content (AvgIpc) is 3.20. The molecule has 1 aliphatic rings. The van der Waals surface area contributed by atoms with Crippen LogP contribution in [-0.4, -0.2) is 68.4 Å². The van der Waals surface area contributed by atoms with Crippen LogP contribution in [0.25, 0.3) is 10.2 Å². The summed E-state index contributed by atoms with van der Waals surface area (Å²) in [5.74, 6) is -0.836. The van der Waals surface area contributed by atoms with E-state index in [4.69, 9.17) is 4.74 Å². The highest BCUT2D eigenvalue weighted by atomic mass is 32.1. The zero-order valence-electron chi connectivity index (χ0n) is 18.8. The minimum Gasteiger partial charge on any atom is -0.443 e. The highest BCUT2D eigenvalue weighted by Gasteiger charge is 2.38. The zero-order chi connectivity index (χ0) is 26.8. The number of alkyl halides is 7. The highest BCUT2D eigenvalue weighted by molar-refractivity contribution is 7.17. The lowest BCUT2D eigenvalue weighted by molar-refractivity contribution is -0.325. The minimum absolute atomic E-state index is 0.0413. The Morgan fingerprint density at radius 3 is 2.56 bits per heavy atom. The maximum atomic E-state index is 14.8. The van der Waals surface area contributed by atoms with Gasteiger partial charge in [0.2, 0.25) is 0 Å². The number of nitrogens with zero attached hydrogens (tertiary/aromatic N) is 2. The lowest BCUT2D eigenvalue weighted by Crippen LogP contribution is -2.49. The first-order valence-corrected chi connectivity index (χ1v) is 11.4. The lowest BCUT2D eigenvalue weighted by Gasteiger charge is -2.35. The van der Waals surface area contributed by atoms with E-state index >= 15 is 0 Å². The van der Waals surface area contributed by atoms with Gasteiger partial charge in [-0.3, -0.25) is 9.53 Å². The van der Waals surface area contributed by atoms with Crippen LogP contribution in [0, 0.1) is 0 Å². The Morgan fingerprint density at radius 2 is 1.97 bits per heavy atom. The molecular weight excluding hydrogens is 525 g/mol. The monoisotopic (exact) mass is 546 g/mol. The molecule has 1 aliphatic heterocycles. The van der Waals surface area contributed by atoms with Gasteiger partial charge in [-0.2, -0.15) is 13.2 Å². The SMILES string of the molecule is CNC(=O)c1csc2c(C(F)(F)F)cc(N3CC[C@H](OC(=O)N[C@@H](C)COC(F)(F)F)[C@@H](F)C3)nc12. The van der Waals surface area contributed by atoms with Crippen molar-refractivity contribution >= 4 is 39.4 Å². The minimum atomic E-state index is -4.89. The molecule has 0 aliphatic carbocycles. The summed E-state index contributed by atoms with van der Waals surface area (Å²) in [4.78, 5) is 29.4. The molecule has 0 spiro atoms. The van der Waals surface area contributed by atoms with Gasteiger partial charge in [-0.25, -0.2) is 14.2 Å².